The number of carbonyl (C=O) groups is 3. The second-order valence-electron chi connectivity index (χ2n) is 11.9. The maximum Gasteiger partial charge on any atom is 0.416 e. The molecular weight excluding hydrogens is 635 g/mol. The van der Waals surface area contributed by atoms with E-state index < -0.39 is 53.9 Å². The van der Waals surface area contributed by atoms with Crippen LogP contribution < -0.4 is 26.6 Å². The molecule has 3 aromatic carbocycles. The number of nitrogens with two attached hydrogens (primary N) is 1. The smallest absolute Gasteiger partial charge is 0.394 e. The van der Waals surface area contributed by atoms with E-state index in [4.69, 9.17) is 10.8 Å². The summed E-state index contributed by atoms with van der Waals surface area (Å²) in [6, 6.07) is 16.4. The molecule has 3 aromatic rings. The Morgan fingerprint density at radius 3 is 2.45 bits per heavy atom. The van der Waals surface area contributed by atoms with Gasteiger partial charge in [0.15, 0.2) is 0 Å². The summed E-state index contributed by atoms with van der Waals surface area (Å²) in [7, 11) is 0. The second-order valence-corrected chi connectivity index (χ2v) is 12.9. The van der Waals surface area contributed by atoms with E-state index in [-0.39, 0.29) is 36.7 Å². The van der Waals surface area contributed by atoms with Crippen LogP contribution in [0.3, 0.4) is 0 Å². The van der Waals surface area contributed by atoms with Crippen LogP contribution in [0.2, 0.25) is 0 Å². The predicted octanol–water partition coefficient (Wildman–Crippen LogP) is 3.78. The number of aliphatic hydroxyl groups excluding tert-OH is 2. The minimum Gasteiger partial charge on any atom is -0.394 e. The molecule has 14 heteroatoms. The topological polar surface area (TPSA) is 157 Å². The van der Waals surface area contributed by atoms with E-state index >= 15 is 0 Å². The van der Waals surface area contributed by atoms with Crippen molar-refractivity contribution in [1.29, 1.82) is 0 Å². The predicted molar refractivity (Wildman–Crippen MR) is 173 cm³/mol. The van der Waals surface area contributed by atoms with Crippen LogP contribution in [0.25, 0.3) is 11.1 Å². The number of carbonyl (C=O) groups excluding carboxylic acids is 3. The number of fused-ring (bicyclic) bond motifs is 1. The fraction of sp³-hybridized carbons (Fsp3) is 0.364. The lowest BCUT2D eigenvalue weighted by Gasteiger charge is -2.29. The highest BCUT2D eigenvalue weighted by Crippen LogP contribution is 2.40. The highest BCUT2D eigenvalue weighted by molar-refractivity contribution is 7.99. The van der Waals surface area contributed by atoms with Crippen molar-refractivity contribution in [3.8, 4) is 11.1 Å². The molecule has 1 aliphatic rings. The van der Waals surface area contributed by atoms with Gasteiger partial charge in [-0.1, -0.05) is 48.5 Å². The van der Waals surface area contributed by atoms with Crippen LogP contribution >= 0.6 is 11.8 Å². The first kappa shape index (κ1) is 35.7. The Bertz CT molecular complexity index is 1590. The van der Waals surface area contributed by atoms with Crippen molar-refractivity contribution in [1.82, 2.24) is 16.0 Å². The third kappa shape index (κ3) is 9.70. The Morgan fingerprint density at radius 1 is 1.09 bits per heavy atom. The lowest BCUT2D eigenvalue weighted by atomic mass is 9.98. The van der Waals surface area contributed by atoms with Gasteiger partial charge in [-0.05, 0) is 54.3 Å². The van der Waals surface area contributed by atoms with E-state index in [1.54, 1.807) is 13.8 Å². The molecule has 0 spiro atoms. The second kappa shape index (κ2) is 15.2. The van der Waals surface area contributed by atoms with Gasteiger partial charge in [0.05, 0.1) is 30.5 Å². The summed E-state index contributed by atoms with van der Waals surface area (Å²) >= 11 is 1.06. The lowest BCUT2D eigenvalue weighted by molar-refractivity contribution is -0.137. The summed E-state index contributed by atoms with van der Waals surface area (Å²) in [6.07, 6.45) is -5.65. The molecule has 4 amide bonds. The fourth-order valence-corrected chi connectivity index (χ4v) is 6.23. The summed E-state index contributed by atoms with van der Waals surface area (Å²) in [5, 5.41) is 27.1. The summed E-state index contributed by atoms with van der Waals surface area (Å²) in [5.74, 6) is -0.921. The number of rotatable bonds is 12. The zero-order chi connectivity index (χ0) is 34.4. The summed E-state index contributed by atoms with van der Waals surface area (Å²) < 4.78 is 40.8. The molecule has 4 rings (SSSR count). The molecule has 1 aliphatic heterocycles. The maximum atomic E-state index is 14.0. The Labute approximate surface area is 274 Å². The van der Waals surface area contributed by atoms with Crippen molar-refractivity contribution >= 4 is 35.3 Å². The molecule has 1 heterocycles. The number of nitrogens with one attached hydrogen (secondary N) is 3. The molecule has 252 valence electrons. The van der Waals surface area contributed by atoms with Crippen LogP contribution in [0.1, 0.15) is 37.0 Å². The number of hydrogen-bond donors (Lipinski definition) is 6. The number of β-amino-alcohol motifs (C(OH)–C–C–N with tert-alkyl or cyclic N) is 1. The Kier molecular flexibility index (Phi) is 11.6. The summed E-state index contributed by atoms with van der Waals surface area (Å²) in [5.41, 5.74) is 7.16. The number of anilines is 1. The molecule has 10 nitrogen and oxygen atoms in total. The molecule has 0 fully saturated rings. The number of amides is 4. The summed E-state index contributed by atoms with van der Waals surface area (Å²) in [6.45, 7) is 3.33. The largest absolute Gasteiger partial charge is 0.416 e. The number of hydrogen-bond acceptors (Lipinski definition) is 7. The average Bonchev–Trinajstić information content (AvgIpc) is 3.14. The zero-order valence-electron chi connectivity index (χ0n) is 25.9. The highest BCUT2D eigenvalue weighted by Gasteiger charge is 2.36. The van der Waals surface area contributed by atoms with Gasteiger partial charge in [0, 0.05) is 35.7 Å². The van der Waals surface area contributed by atoms with Crippen molar-refractivity contribution in [2.75, 3.05) is 23.8 Å². The average molecular weight is 674 g/mol. The number of halogens is 3. The quantitative estimate of drug-likeness (QED) is 0.171. The standard InChI is InChI=1S/C33H38F3N5O5S/c1-32(2,39-16-24(43)18-42)14-29(44)40-26-19-47-28-13-23(33(34,35)36)11-12-27(28)41(30(26)45)17-20-7-9-21(10-8-20)25-6-4-3-5-22(25)15-38-31(37)46/h3-13,24,26,39,42-43H,14-19H2,1-2H3,(H,40,44)(H3,37,38,46)/t24-,26+/m0/s1. The van der Waals surface area contributed by atoms with Crippen molar-refractivity contribution in [2.24, 2.45) is 5.73 Å². The van der Waals surface area contributed by atoms with Crippen molar-refractivity contribution in [3.63, 3.8) is 0 Å². The van der Waals surface area contributed by atoms with Gasteiger partial charge in [-0.3, -0.25) is 9.59 Å². The highest BCUT2D eigenvalue weighted by atomic mass is 32.2. The van der Waals surface area contributed by atoms with Gasteiger partial charge in [-0.2, -0.15) is 13.2 Å². The molecule has 0 aliphatic carbocycles. The van der Waals surface area contributed by atoms with E-state index in [2.05, 4.69) is 16.0 Å². The Balaban J connectivity index is 1.58. The van der Waals surface area contributed by atoms with Gasteiger partial charge in [0.2, 0.25) is 5.91 Å². The Morgan fingerprint density at radius 2 is 1.79 bits per heavy atom. The maximum absolute atomic E-state index is 14.0. The molecular formula is C33H38F3N5O5S. The van der Waals surface area contributed by atoms with E-state index in [0.717, 1.165) is 40.6 Å². The van der Waals surface area contributed by atoms with E-state index in [1.165, 1.54) is 11.0 Å². The van der Waals surface area contributed by atoms with Crippen LogP contribution in [0.4, 0.5) is 23.7 Å². The van der Waals surface area contributed by atoms with Crippen LogP contribution in [-0.4, -0.2) is 64.6 Å². The molecule has 2 atom stereocenters. The summed E-state index contributed by atoms with van der Waals surface area (Å²) in [4.78, 5) is 39.9. The van der Waals surface area contributed by atoms with Gasteiger partial charge in [-0.25, -0.2) is 4.79 Å². The van der Waals surface area contributed by atoms with Gasteiger partial charge in [-0.15, -0.1) is 11.8 Å². The van der Waals surface area contributed by atoms with Crippen LogP contribution in [-0.2, 0) is 28.9 Å². The first-order valence-electron chi connectivity index (χ1n) is 14.9. The van der Waals surface area contributed by atoms with Gasteiger partial charge >= 0.3 is 12.2 Å². The fourth-order valence-electron chi connectivity index (χ4n) is 5.13. The number of primary amides is 1. The first-order chi connectivity index (χ1) is 22.2. The molecule has 0 aromatic heterocycles. The number of urea groups is 1. The lowest BCUT2D eigenvalue weighted by Crippen LogP contribution is -2.52. The monoisotopic (exact) mass is 673 g/mol. The van der Waals surface area contributed by atoms with Gasteiger partial charge in [0.25, 0.3) is 5.91 Å². The Hall–Kier alpha value is -4.11. The molecule has 0 saturated carbocycles. The van der Waals surface area contributed by atoms with Gasteiger partial charge in [0.1, 0.15) is 6.04 Å². The minimum atomic E-state index is -4.58. The van der Waals surface area contributed by atoms with Crippen molar-refractivity contribution < 1.29 is 37.8 Å². The molecule has 7 N–H and O–H groups in total. The number of benzene rings is 3. The number of alkyl halides is 3. The molecule has 47 heavy (non-hydrogen) atoms. The molecule has 0 bridgehead atoms. The van der Waals surface area contributed by atoms with Gasteiger partial charge < -0.3 is 36.8 Å². The SMILES string of the molecule is CC(C)(CC(=O)N[C@@H]1CSc2cc(C(F)(F)F)ccc2N(Cc2ccc(-c3ccccc3CNC(N)=O)cc2)C1=O)NC[C@H](O)CO. The number of aliphatic hydroxyl groups is 2. The first-order valence-corrected chi connectivity index (χ1v) is 15.8. The van der Waals surface area contributed by atoms with E-state index in [9.17, 15) is 32.7 Å². The minimum absolute atomic E-state index is 0.0154. The van der Waals surface area contributed by atoms with Crippen LogP contribution in [0, 0.1) is 0 Å². The van der Waals surface area contributed by atoms with Crippen LogP contribution in [0.15, 0.2) is 71.6 Å². The van der Waals surface area contributed by atoms with Crippen molar-refractivity contribution in [2.45, 2.75) is 62.1 Å². The number of nitrogens with zero attached hydrogens (tertiary/aromatic N) is 1. The van der Waals surface area contributed by atoms with E-state index in [0.29, 0.717) is 11.3 Å². The normalized spacial score (nSPS) is 15.9. The number of thioether (sulfide) groups is 1. The van der Waals surface area contributed by atoms with E-state index in [1.807, 2.05) is 48.5 Å². The third-order valence-corrected chi connectivity index (χ3v) is 8.73. The third-order valence-electron chi connectivity index (χ3n) is 7.59. The molecule has 0 saturated heterocycles. The molecule has 0 radical (unpaired) electrons. The molecule has 0 unspecified atom stereocenters. The van der Waals surface area contributed by atoms with Crippen LogP contribution in [0.5, 0.6) is 0 Å². The van der Waals surface area contributed by atoms with Crippen molar-refractivity contribution in [3.05, 3.63) is 83.4 Å². The zero-order valence-corrected chi connectivity index (χ0v) is 26.8.